The van der Waals surface area contributed by atoms with Crippen LogP contribution < -0.4 is 5.73 Å². The summed E-state index contributed by atoms with van der Waals surface area (Å²) in [7, 11) is -1.19. The van der Waals surface area contributed by atoms with Gasteiger partial charge in [-0.2, -0.15) is 0 Å². The van der Waals surface area contributed by atoms with Crippen LogP contribution in [0.4, 0.5) is 5.69 Å². The molecule has 0 fully saturated rings. The van der Waals surface area contributed by atoms with Crippen molar-refractivity contribution in [2.24, 2.45) is 0 Å². The van der Waals surface area contributed by atoms with Crippen LogP contribution in [0, 0.1) is 0 Å². The largest absolute Gasteiger partial charge is 0.398 e. The number of nitrogen functional groups attached to an aromatic ring is 1. The van der Waals surface area contributed by atoms with Crippen molar-refractivity contribution in [1.29, 1.82) is 0 Å². The van der Waals surface area contributed by atoms with Crippen molar-refractivity contribution in [1.82, 2.24) is 0 Å². The Bertz CT molecular complexity index is 351. The summed E-state index contributed by atoms with van der Waals surface area (Å²) in [5.41, 5.74) is 6.21. The van der Waals surface area contributed by atoms with Crippen LogP contribution in [0.15, 0.2) is 23.1 Å². The molecule has 0 aromatic heterocycles. The second-order valence-corrected chi connectivity index (χ2v) is 5.23. The maximum Gasteiger partial charge on any atom is 0.0804 e. The third kappa shape index (κ3) is 3.77. The third-order valence-corrected chi connectivity index (χ3v) is 3.86. The first-order chi connectivity index (χ1) is 7.66. The van der Waals surface area contributed by atoms with Gasteiger partial charge in [0.25, 0.3) is 0 Å². The first-order valence-corrected chi connectivity index (χ1v) is 6.86. The molecular formula is C11H16ClNO2S. The van der Waals surface area contributed by atoms with E-state index < -0.39 is 10.8 Å². The fourth-order valence-corrected chi connectivity index (χ4v) is 2.78. The van der Waals surface area contributed by atoms with Gasteiger partial charge in [-0.15, -0.1) is 0 Å². The van der Waals surface area contributed by atoms with Gasteiger partial charge in [0.15, 0.2) is 0 Å². The van der Waals surface area contributed by atoms with E-state index in [1.165, 1.54) is 0 Å². The van der Waals surface area contributed by atoms with Crippen molar-refractivity contribution in [2.75, 3.05) is 24.7 Å². The molecule has 0 saturated carbocycles. The Morgan fingerprint density at radius 2 is 2.19 bits per heavy atom. The van der Waals surface area contributed by atoms with Gasteiger partial charge < -0.3 is 10.5 Å². The zero-order valence-electron chi connectivity index (χ0n) is 9.24. The fourth-order valence-electron chi connectivity index (χ4n) is 1.25. The summed E-state index contributed by atoms with van der Waals surface area (Å²) in [4.78, 5) is 0.518. The molecule has 2 N–H and O–H groups in total. The number of ether oxygens (including phenoxy) is 1. The Morgan fingerprint density at radius 1 is 1.44 bits per heavy atom. The average Bonchev–Trinajstić information content (AvgIpc) is 2.24. The Balaban J connectivity index is 2.59. The minimum absolute atomic E-state index is 0.425. The first kappa shape index (κ1) is 13.5. The number of hydrogen-bond donors (Lipinski definition) is 1. The van der Waals surface area contributed by atoms with E-state index in [0.717, 1.165) is 6.42 Å². The van der Waals surface area contributed by atoms with E-state index in [4.69, 9.17) is 22.1 Å². The molecule has 16 heavy (non-hydrogen) atoms. The average molecular weight is 262 g/mol. The molecule has 0 aliphatic rings. The van der Waals surface area contributed by atoms with Crippen LogP contribution >= 0.6 is 11.6 Å². The lowest BCUT2D eigenvalue weighted by molar-refractivity contribution is 0.150. The van der Waals surface area contributed by atoms with Gasteiger partial charge in [0.1, 0.15) is 0 Å². The molecule has 1 atom stereocenters. The Hall–Kier alpha value is -0.580. The molecule has 1 aromatic rings. The van der Waals surface area contributed by atoms with Gasteiger partial charge in [0.2, 0.25) is 0 Å². The minimum Gasteiger partial charge on any atom is -0.398 e. The molecule has 0 amide bonds. The lowest BCUT2D eigenvalue weighted by Gasteiger charge is -2.07. The number of hydrogen-bond acceptors (Lipinski definition) is 3. The summed E-state index contributed by atoms with van der Waals surface area (Å²) >= 11 is 5.95. The fraction of sp³-hybridized carbons (Fsp3) is 0.455. The van der Waals surface area contributed by atoms with Crippen LogP contribution in [0.1, 0.15) is 13.3 Å². The lowest BCUT2D eigenvalue weighted by Crippen LogP contribution is -2.09. The zero-order chi connectivity index (χ0) is 12.0. The molecule has 90 valence electrons. The Kier molecular flexibility index (Phi) is 5.80. The van der Waals surface area contributed by atoms with E-state index >= 15 is 0 Å². The molecule has 0 bridgehead atoms. The second-order valence-electron chi connectivity index (χ2n) is 3.32. The number of nitrogens with two attached hydrogens (primary N) is 1. The Morgan fingerprint density at radius 3 is 2.81 bits per heavy atom. The van der Waals surface area contributed by atoms with Gasteiger partial charge in [0, 0.05) is 12.3 Å². The topological polar surface area (TPSA) is 52.3 Å². The predicted octanol–water partition coefficient (Wildman–Crippen LogP) is 2.46. The highest BCUT2D eigenvalue weighted by Gasteiger charge is 2.11. The summed E-state index contributed by atoms with van der Waals surface area (Å²) in [5.74, 6) is 0.425. The van der Waals surface area contributed by atoms with Gasteiger partial charge in [-0.25, -0.2) is 0 Å². The van der Waals surface area contributed by atoms with Gasteiger partial charge in [-0.1, -0.05) is 24.6 Å². The van der Waals surface area contributed by atoms with Crippen LogP contribution in [0.3, 0.4) is 0 Å². The smallest absolute Gasteiger partial charge is 0.0804 e. The predicted molar refractivity (Wildman–Crippen MR) is 68.2 cm³/mol. The highest BCUT2D eigenvalue weighted by atomic mass is 35.5. The van der Waals surface area contributed by atoms with E-state index in [9.17, 15) is 4.21 Å². The number of anilines is 1. The molecular weight excluding hydrogens is 246 g/mol. The van der Waals surface area contributed by atoms with Crippen LogP contribution in [-0.4, -0.2) is 23.2 Å². The highest BCUT2D eigenvalue weighted by Crippen LogP contribution is 2.25. The quantitative estimate of drug-likeness (QED) is 0.632. The SMILES string of the molecule is CCCOCCS(=O)c1c(N)cccc1Cl. The van der Waals surface area contributed by atoms with Crippen molar-refractivity contribution in [3.8, 4) is 0 Å². The summed E-state index contributed by atoms with van der Waals surface area (Å²) in [6.07, 6.45) is 0.959. The third-order valence-electron chi connectivity index (χ3n) is 1.99. The van der Waals surface area contributed by atoms with E-state index in [0.29, 0.717) is 34.6 Å². The van der Waals surface area contributed by atoms with Crippen molar-refractivity contribution >= 4 is 28.1 Å². The van der Waals surface area contributed by atoms with E-state index in [2.05, 4.69) is 0 Å². The second kappa shape index (κ2) is 6.89. The summed E-state index contributed by atoms with van der Waals surface area (Å²) in [6, 6.07) is 5.13. The maximum absolute atomic E-state index is 11.9. The molecule has 1 rings (SSSR count). The van der Waals surface area contributed by atoms with Crippen LogP contribution in [-0.2, 0) is 15.5 Å². The normalized spacial score (nSPS) is 12.6. The van der Waals surface area contributed by atoms with Crippen LogP contribution in [0.25, 0.3) is 0 Å². The summed E-state index contributed by atoms with van der Waals surface area (Å²) in [6.45, 7) is 3.18. The van der Waals surface area contributed by atoms with Crippen molar-refractivity contribution < 1.29 is 8.95 Å². The molecule has 1 unspecified atom stereocenters. The van der Waals surface area contributed by atoms with Crippen molar-refractivity contribution in [3.63, 3.8) is 0 Å². The molecule has 0 aliphatic heterocycles. The van der Waals surface area contributed by atoms with Gasteiger partial charge in [-0.05, 0) is 18.6 Å². The van der Waals surface area contributed by atoms with Crippen molar-refractivity contribution in [3.05, 3.63) is 23.2 Å². The molecule has 0 heterocycles. The number of rotatable bonds is 6. The Labute approximate surface area is 103 Å². The molecule has 0 spiro atoms. The molecule has 0 saturated heterocycles. The maximum atomic E-state index is 11.9. The molecule has 5 heteroatoms. The van der Waals surface area contributed by atoms with E-state index in [-0.39, 0.29) is 0 Å². The van der Waals surface area contributed by atoms with Gasteiger partial charge in [0.05, 0.1) is 33.1 Å². The van der Waals surface area contributed by atoms with Crippen molar-refractivity contribution in [2.45, 2.75) is 18.2 Å². The standard InChI is InChI=1S/C11H16ClNO2S/c1-2-6-15-7-8-16(14)11-9(12)4-3-5-10(11)13/h3-5H,2,6-8,13H2,1H3. The molecule has 1 aromatic carbocycles. The van der Waals surface area contributed by atoms with E-state index in [1.54, 1.807) is 18.2 Å². The molecule has 0 radical (unpaired) electrons. The van der Waals surface area contributed by atoms with Gasteiger partial charge in [-0.3, -0.25) is 4.21 Å². The zero-order valence-corrected chi connectivity index (χ0v) is 10.8. The van der Waals surface area contributed by atoms with Crippen LogP contribution in [0.2, 0.25) is 5.02 Å². The minimum atomic E-state index is -1.19. The summed E-state index contributed by atoms with van der Waals surface area (Å²) < 4.78 is 17.2. The highest BCUT2D eigenvalue weighted by molar-refractivity contribution is 7.85. The van der Waals surface area contributed by atoms with Crippen LogP contribution in [0.5, 0.6) is 0 Å². The number of halogens is 1. The summed E-state index contributed by atoms with van der Waals surface area (Å²) in [5, 5.41) is 0.453. The molecule has 3 nitrogen and oxygen atoms in total. The van der Waals surface area contributed by atoms with Gasteiger partial charge >= 0.3 is 0 Å². The van der Waals surface area contributed by atoms with E-state index in [1.807, 2.05) is 6.92 Å². The monoisotopic (exact) mass is 261 g/mol. The molecule has 0 aliphatic carbocycles. The number of benzene rings is 1. The first-order valence-electron chi connectivity index (χ1n) is 5.17. The lowest BCUT2D eigenvalue weighted by atomic mass is 10.3.